The predicted octanol–water partition coefficient (Wildman–Crippen LogP) is 2.61. The van der Waals surface area contributed by atoms with Gasteiger partial charge in [0.15, 0.2) is 0 Å². The van der Waals surface area contributed by atoms with Crippen LogP contribution in [0, 0.1) is 11.7 Å². The van der Waals surface area contributed by atoms with Crippen LogP contribution in [0.2, 0.25) is 0 Å². The van der Waals surface area contributed by atoms with Crippen LogP contribution in [0.4, 0.5) is 4.39 Å². The number of amides is 1. The first kappa shape index (κ1) is 19.7. The molecule has 0 bridgehead atoms. The van der Waals surface area contributed by atoms with Crippen LogP contribution >= 0.6 is 11.8 Å². The van der Waals surface area contributed by atoms with E-state index in [9.17, 15) is 14.0 Å². The number of halogens is 1. The van der Waals surface area contributed by atoms with Gasteiger partial charge >= 0.3 is 5.97 Å². The summed E-state index contributed by atoms with van der Waals surface area (Å²) in [5.41, 5.74) is 0. The summed E-state index contributed by atoms with van der Waals surface area (Å²) in [6.07, 6.45) is 1.59. The molecule has 0 radical (unpaired) electrons. The molecule has 1 amide bonds. The lowest BCUT2D eigenvalue weighted by Gasteiger charge is -2.42. The molecule has 0 aromatic heterocycles. The summed E-state index contributed by atoms with van der Waals surface area (Å²) in [4.78, 5) is 26.0. The molecule has 138 valence electrons. The first-order valence-electron chi connectivity index (χ1n) is 8.53. The zero-order chi connectivity index (χ0) is 18.4. The van der Waals surface area contributed by atoms with Gasteiger partial charge in [-0.3, -0.25) is 14.5 Å². The van der Waals surface area contributed by atoms with Crippen molar-refractivity contribution in [2.75, 3.05) is 18.8 Å². The van der Waals surface area contributed by atoms with Crippen molar-refractivity contribution in [3.05, 3.63) is 30.1 Å². The Morgan fingerprint density at radius 1 is 1.36 bits per heavy atom. The van der Waals surface area contributed by atoms with E-state index in [1.807, 2.05) is 18.7 Å². The highest BCUT2D eigenvalue weighted by Gasteiger charge is 2.35. The second-order valence-corrected chi connectivity index (χ2v) is 7.55. The number of carboxylic acids is 1. The van der Waals surface area contributed by atoms with Crippen molar-refractivity contribution in [2.24, 2.45) is 5.92 Å². The third kappa shape index (κ3) is 6.01. The van der Waals surface area contributed by atoms with Gasteiger partial charge in [0.25, 0.3) is 0 Å². The Labute approximate surface area is 152 Å². The van der Waals surface area contributed by atoms with Crippen molar-refractivity contribution in [2.45, 2.75) is 43.7 Å². The first-order valence-corrected chi connectivity index (χ1v) is 9.52. The van der Waals surface area contributed by atoms with Gasteiger partial charge < -0.3 is 10.4 Å². The van der Waals surface area contributed by atoms with E-state index in [0.29, 0.717) is 12.3 Å². The highest BCUT2D eigenvalue weighted by atomic mass is 32.2. The van der Waals surface area contributed by atoms with Crippen molar-refractivity contribution in [1.82, 2.24) is 10.2 Å². The third-order valence-corrected chi connectivity index (χ3v) is 5.75. The number of hydrogen-bond acceptors (Lipinski definition) is 4. The summed E-state index contributed by atoms with van der Waals surface area (Å²) in [5, 5.41) is 11.9. The highest BCUT2D eigenvalue weighted by Crippen LogP contribution is 2.26. The van der Waals surface area contributed by atoms with Crippen LogP contribution in [-0.4, -0.2) is 52.8 Å². The van der Waals surface area contributed by atoms with E-state index in [1.165, 1.54) is 23.9 Å². The molecule has 0 aliphatic heterocycles. The molecule has 0 heterocycles. The maximum Gasteiger partial charge on any atom is 0.317 e. The van der Waals surface area contributed by atoms with Crippen LogP contribution in [0.15, 0.2) is 29.2 Å². The highest BCUT2D eigenvalue weighted by molar-refractivity contribution is 7.99. The first-order chi connectivity index (χ1) is 11.9. The fraction of sp³-hybridized carbons (Fsp3) is 0.556. The summed E-state index contributed by atoms with van der Waals surface area (Å²) in [7, 11) is 0. The lowest BCUT2D eigenvalue weighted by atomic mass is 9.85. The average Bonchev–Trinajstić information content (AvgIpc) is 2.54. The summed E-state index contributed by atoms with van der Waals surface area (Å²) in [5.74, 6) is -0.581. The van der Waals surface area contributed by atoms with Crippen LogP contribution in [0.1, 0.15) is 26.7 Å². The zero-order valence-electron chi connectivity index (χ0n) is 14.6. The van der Waals surface area contributed by atoms with Gasteiger partial charge in [-0.05, 0) is 43.7 Å². The second kappa shape index (κ2) is 9.20. The summed E-state index contributed by atoms with van der Waals surface area (Å²) in [6.45, 7) is 4.57. The lowest BCUT2D eigenvalue weighted by Crippen LogP contribution is -2.55. The summed E-state index contributed by atoms with van der Waals surface area (Å²) >= 11 is 1.53. The fourth-order valence-electron chi connectivity index (χ4n) is 2.85. The van der Waals surface area contributed by atoms with Gasteiger partial charge in [-0.25, -0.2) is 4.39 Å². The number of carboxylic acid groups (broad SMARTS) is 1. The van der Waals surface area contributed by atoms with Gasteiger partial charge in [-0.2, -0.15) is 0 Å². The molecule has 1 aromatic rings. The summed E-state index contributed by atoms with van der Waals surface area (Å²) in [6, 6.07) is 6.61. The van der Waals surface area contributed by atoms with Crippen molar-refractivity contribution in [3.63, 3.8) is 0 Å². The van der Waals surface area contributed by atoms with E-state index in [-0.39, 0.29) is 36.3 Å². The van der Waals surface area contributed by atoms with Gasteiger partial charge in [-0.15, -0.1) is 11.8 Å². The molecular weight excluding hydrogens is 343 g/mol. The number of likely N-dealkylation sites (N-methyl/N-ethyl adjacent to an activating group) is 1. The van der Waals surface area contributed by atoms with Crippen LogP contribution in [0.25, 0.3) is 0 Å². The van der Waals surface area contributed by atoms with Gasteiger partial charge in [0.2, 0.25) is 5.91 Å². The molecule has 1 fully saturated rings. The number of aliphatic carboxylic acids is 1. The van der Waals surface area contributed by atoms with Gasteiger partial charge in [0.05, 0.1) is 6.54 Å². The Bertz CT molecular complexity index is 590. The minimum atomic E-state index is -0.819. The number of nitrogens with one attached hydrogen (secondary N) is 1. The Balaban J connectivity index is 1.70. The quantitative estimate of drug-likeness (QED) is 0.656. The van der Waals surface area contributed by atoms with E-state index in [2.05, 4.69) is 5.32 Å². The van der Waals surface area contributed by atoms with Crippen LogP contribution in [0.3, 0.4) is 0 Å². The van der Waals surface area contributed by atoms with E-state index in [0.717, 1.165) is 17.7 Å². The molecule has 1 atom stereocenters. The molecule has 5 nitrogen and oxygen atoms in total. The van der Waals surface area contributed by atoms with E-state index < -0.39 is 5.97 Å². The number of nitrogens with zero attached hydrogens (tertiary/aromatic N) is 1. The van der Waals surface area contributed by atoms with Gasteiger partial charge in [0, 0.05) is 28.6 Å². The Kier molecular flexibility index (Phi) is 7.25. The molecule has 7 heteroatoms. The molecule has 2 N–H and O–H groups in total. The smallest absolute Gasteiger partial charge is 0.317 e. The topological polar surface area (TPSA) is 69.6 Å². The van der Waals surface area contributed by atoms with Crippen LogP contribution < -0.4 is 5.32 Å². The van der Waals surface area contributed by atoms with Crippen molar-refractivity contribution < 1.29 is 19.1 Å². The normalized spacial score (nSPS) is 20.8. The fourth-order valence-corrected chi connectivity index (χ4v) is 3.77. The van der Waals surface area contributed by atoms with Gasteiger partial charge in [-0.1, -0.05) is 13.8 Å². The van der Waals surface area contributed by atoms with E-state index >= 15 is 0 Å². The number of rotatable bonds is 9. The molecule has 2 rings (SSSR count). The Morgan fingerprint density at radius 2 is 2.00 bits per heavy atom. The number of hydrogen-bond donors (Lipinski definition) is 2. The average molecular weight is 368 g/mol. The lowest BCUT2D eigenvalue weighted by molar-refractivity contribution is -0.140. The molecule has 1 unspecified atom stereocenters. The number of thioether (sulfide) groups is 1. The zero-order valence-corrected chi connectivity index (χ0v) is 15.4. The van der Waals surface area contributed by atoms with Crippen LogP contribution in [0.5, 0.6) is 0 Å². The minimum absolute atomic E-state index is 0.0133. The molecule has 25 heavy (non-hydrogen) atoms. The second-order valence-electron chi connectivity index (χ2n) is 6.45. The molecular formula is C18H25FN2O3S. The predicted molar refractivity (Wildman–Crippen MR) is 96.1 cm³/mol. The van der Waals surface area contributed by atoms with Crippen LogP contribution in [-0.2, 0) is 9.59 Å². The maximum atomic E-state index is 12.9. The van der Waals surface area contributed by atoms with Gasteiger partial charge in [0.1, 0.15) is 5.82 Å². The molecule has 0 spiro atoms. The standard InChI is InChI=1S/C18H25FN2O3S/c1-3-21(10-17(22)23)15-8-14(9-15)20-18(24)12(2)11-25-16-6-4-13(19)5-7-16/h4-7,12,14-15H,3,8-11H2,1-2H3,(H,20,24)(H,22,23). The number of carbonyl (C=O) groups is 2. The number of benzene rings is 1. The molecule has 1 aromatic carbocycles. The number of carbonyl (C=O) groups excluding carboxylic acids is 1. The van der Waals surface area contributed by atoms with Crippen molar-refractivity contribution >= 4 is 23.6 Å². The van der Waals surface area contributed by atoms with Crippen molar-refractivity contribution in [1.29, 1.82) is 0 Å². The largest absolute Gasteiger partial charge is 0.480 e. The minimum Gasteiger partial charge on any atom is -0.480 e. The maximum absolute atomic E-state index is 12.9. The molecule has 0 saturated heterocycles. The van der Waals surface area contributed by atoms with Crippen molar-refractivity contribution in [3.8, 4) is 0 Å². The summed E-state index contributed by atoms with van der Waals surface area (Å²) < 4.78 is 12.9. The Morgan fingerprint density at radius 3 is 2.56 bits per heavy atom. The SMILES string of the molecule is CCN(CC(=O)O)C1CC(NC(=O)C(C)CSc2ccc(F)cc2)C1. The Hall–Kier alpha value is -1.60. The van der Waals surface area contributed by atoms with E-state index in [1.54, 1.807) is 12.1 Å². The molecule has 1 aliphatic carbocycles. The third-order valence-electron chi connectivity index (χ3n) is 4.48. The molecule has 1 saturated carbocycles. The molecule has 1 aliphatic rings. The van der Waals surface area contributed by atoms with E-state index in [4.69, 9.17) is 5.11 Å². The monoisotopic (exact) mass is 368 g/mol.